The van der Waals surface area contributed by atoms with Crippen molar-refractivity contribution in [2.24, 2.45) is 5.41 Å². The van der Waals surface area contributed by atoms with Crippen molar-refractivity contribution in [2.75, 3.05) is 13.1 Å². The van der Waals surface area contributed by atoms with E-state index in [0.29, 0.717) is 12.6 Å². The standard InChI is InChI=1S/C15H26N2O3/c1-12-6-5-9-17(12)14(20)16-11-15(10-13(18)19)7-3-2-4-8-15/h12H,2-11H2,1H3,(H,16,20)(H,18,19). The van der Waals surface area contributed by atoms with Gasteiger partial charge in [0.25, 0.3) is 0 Å². The number of hydrogen-bond acceptors (Lipinski definition) is 2. The van der Waals surface area contributed by atoms with Crippen LogP contribution in [0.2, 0.25) is 0 Å². The quantitative estimate of drug-likeness (QED) is 0.832. The summed E-state index contributed by atoms with van der Waals surface area (Å²) in [6.45, 7) is 3.39. The zero-order chi connectivity index (χ0) is 14.6. The summed E-state index contributed by atoms with van der Waals surface area (Å²) < 4.78 is 0. The SMILES string of the molecule is CC1CCCN1C(=O)NCC1(CC(=O)O)CCCCC1. The number of carboxylic acids is 1. The van der Waals surface area contributed by atoms with Gasteiger partial charge in [0.2, 0.25) is 0 Å². The summed E-state index contributed by atoms with van der Waals surface area (Å²) in [5.41, 5.74) is -0.233. The van der Waals surface area contributed by atoms with Gasteiger partial charge < -0.3 is 15.3 Å². The Bertz CT molecular complexity index is 364. The molecule has 2 fully saturated rings. The minimum atomic E-state index is -0.754. The molecule has 1 aliphatic carbocycles. The van der Waals surface area contributed by atoms with Crippen LogP contribution in [-0.2, 0) is 4.79 Å². The smallest absolute Gasteiger partial charge is 0.317 e. The molecule has 0 spiro atoms. The Hall–Kier alpha value is -1.26. The first-order valence-electron chi connectivity index (χ1n) is 7.79. The van der Waals surface area contributed by atoms with Crippen molar-refractivity contribution < 1.29 is 14.7 Å². The Balaban J connectivity index is 1.91. The molecule has 2 aliphatic rings. The number of hydrogen-bond donors (Lipinski definition) is 2. The fourth-order valence-corrected chi connectivity index (χ4v) is 3.64. The highest BCUT2D eigenvalue weighted by atomic mass is 16.4. The summed E-state index contributed by atoms with van der Waals surface area (Å²) in [7, 11) is 0. The zero-order valence-electron chi connectivity index (χ0n) is 12.4. The van der Waals surface area contributed by atoms with Crippen molar-refractivity contribution in [1.82, 2.24) is 10.2 Å². The van der Waals surface area contributed by atoms with Crippen molar-refractivity contribution in [2.45, 2.75) is 64.3 Å². The molecule has 5 heteroatoms. The highest BCUT2D eigenvalue weighted by Crippen LogP contribution is 2.38. The lowest BCUT2D eigenvalue weighted by atomic mass is 9.72. The molecule has 1 unspecified atom stereocenters. The second kappa shape index (κ2) is 6.46. The minimum Gasteiger partial charge on any atom is -0.481 e. The van der Waals surface area contributed by atoms with Crippen molar-refractivity contribution in [3.63, 3.8) is 0 Å². The van der Waals surface area contributed by atoms with E-state index in [4.69, 9.17) is 5.11 Å². The summed E-state index contributed by atoms with van der Waals surface area (Å²) in [6.07, 6.45) is 7.45. The normalized spacial score (nSPS) is 25.4. The molecule has 2 rings (SSSR count). The Kier molecular flexibility index (Phi) is 4.89. The van der Waals surface area contributed by atoms with Gasteiger partial charge in [-0.3, -0.25) is 4.79 Å². The predicted octanol–water partition coefficient (Wildman–Crippen LogP) is 2.61. The lowest BCUT2D eigenvalue weighted by Gasteiger charge is -2.37. The van der Waals surface area contributed by atoms with E-state index in [0.717, 1.165) is 45.1 Å². The second-order valence-electron chi connectivity index (χ2n) is 6.47. The number of amides is 2. The van der Waals surface area contributed by atoms with Crippen LogP contribution < -0.4 is 5.32 Å². The van der Waals surface area contributed by atoms with Crippen LogP contribution in [0.1, 0.15) is 58.3 Å². The third-order valence-corrected chi connectivity index (χ3v) is 4.87. The first-order chi connectivity index (χ1) is 9.52. The number of nitrogens with one attached hydrogen (secondary N) is 1. The van der Waals surface area contributed by atoms with Crippen LogP contribution >= 0.6 is 0 Å². The fourth-order valence-electron chi connectivity index (χ4n) is 3.64. The number of nitrogens with zero attached hydrogens (tertiary/aromatic N) is 1. The van der Waals surface area contributed by atoms with Gasteiger partial charge in [0.1, 0.15) is 0 Å². The van der Waals surface area contributed by atoms with Crippen LogP contribution in [0.4, 0.5) is 4.79 Å². The number of likely N-dealkylation sites (tertiary alicyclic amines) is 1. The number of carbonyl (C=O) groups is 2. The minimum absolute atomic E-state index is 0.0228. The molecule has 5 nitrogen and oxygen atoms in total. The molecule has 2 amide bonds. The molecule has 1 saturated heterocycles. The molecule has 0 radical (unpaired) electrons. The number of aliphatic carboxylic acids is 1. The number of urea groups is 1. The van der Waals surface area contributed by atoms with Crippen LogP contribution in [0.15, 0.2) is 0 Å². The van der Waals surface area contributed by atoms with E-state index in [1.165, 1.54) is 6.42 Å². The third kappa shape index (κ3) is 3.64. The largest absolute Gasteiger partial charge is 0.481 e. The van der Waals surface area contributed by atoms with Gasteiger partial charge in [0.15, 0.2) is 0 Å². The Labute approximate surface area is 120 Å². The molecule has 1 heterocycles. The Morgan fingerprint density at radius 1 is 1.25 bits per heavy atom. The maximum Gasteiger partial charge on any atom is 0.317 e. The number of carbonyl (C=O) groups excluding carboxylic acids is 1. The van der Waals surface area contributed by atoms with E-state index >= 15 is 0 Å². The van der Waals surface area contributed by atoms with Crippen molar-refractivity contribution in [3.8, 4) is 0 Å². The fraction of sp³-hybridized carbons (Fsp3) is 0.867. The Morgan fingerprint density at radius 3 is 2.50 bits per heavy atom. The first kappa shape index (κ1) is 15.1. The zero-order valence-corrected chi connectivity index (χ0v) is 12.4. The van der Waals surface area contributed by atoms with Gasteiger partial charge >= 0.3 is 12.0 Å². The van der Waals surface area contributed by atoms with Gasteiger partial charge in [-0.25, -0.2) is 4.79 Å². The summed E-state index contributed by atoms with van der Waals surface area (Å²) >= 11 is 0. The highest BCUT2D eigenvalue weighted by molar-refractivity contribution is 5.75. The maximum atomic E-state index is 12.2. The van der Waals surface area contributed by atoms with Gasteiger partial charge in [0, 0.05) is 19.1 Å². The van der Waals surface area contributed by atoms with Crippen LogP contribution in [-0.4, -0.2) is 41.1 Å². The lowest BCUT2D eigenvalue weighted by molar-refractivity contribution is -0.140. The molecule has 0 bridgehead atoms. The van der Waals surface area contributed by atoms with E-state index < -0.39 is 5.97 Å². The van der Waals surface area contributed by atoms with Crippen molar-refractivity contribution >= 4 is 12.0 Å². The molecule has 1 atom stereocenters. The monoisotopic (exact) mass is 282 g/mol. The van der Waals surface area contributed by atoms with Gasteiger partial charge in [-0.05, 0) is 38.0 Å². The molecular weight excluding hydrogens is 256 g/mol. The summed E-state index contributed by atoms with van der Waals surface area (Å²) in [5.74, 6) is -0.754. The van der Waals surface area contributed by atoms with E-state index in [1.54, 1.807) is 0 Å². The molecule has 114 valence electrons. The average molecular weight is 282 g/mol. The molecule has 20 heavy (non-hydrogen) atoms. The Morgan fingerprint density at radius 2 is 1.95 bits per heavy atom. The highest BCUT2D eigenvalue weighted by Gasteiger charge is 2.35. The van der Waals surface area contributed by atoms with Gasteiger partial charge in [-0.15, -0.1) is 0 Å². The van der Waals surface area contributed by atoms with Crippen LogP contribution in [0.3, 0.4) is 0 Å². The van der Waals surface area contributed by atoms with E-state index in [-0.39, 0.29) is 17.9 Å². The van der Waals surface area contributed by atoms with E-state index in [9.17, 15) is 9.59 Å². The van der Waals surface area contributed by atoms with Crippen molar-refractivity contribution in [1.29, 1.82) is 0 Å². The van der Waals surface area contributed by atoms with Crippen molar-refractivity contribution in [3.05, 3.63) is 0 Å². The number of rotatable bonds is 4. The third-order valence-electron chi connectivity index (χ3n) is 4.87. The van der Waals surface area contributed by atoms with Gasteiger partial charge in [-0.1, -0.05) is 19.3 Å². The summed E-state index contributed by atoms with van der Waals surface area (Å²) in [4.78, 5) is 25.2. The molecule has 0 aromatic carbocycles. The molecule has 1 saturated carbocycles. The molecule has 0 aromatic rings. The van der Waals surface area contributed by atoms with Gasteiger partial charge in [-0.2, -0.15) is 0 Å². The van der Waals surface area contributed by atoms with Gasteiger partial charge in [0.05, 0.1) is 6.42 Å². The summed E-state index contributed by atoms with van der Waals surface area (Å²) in [5, 5.41) is 12.1. The molecular formula is C15H26N2O3. The molecule has 0 aromatic heterocycles. The first-order valence-corrected chi connectivity index (χ1v) is 7.79. The topological polar surface area (TPSA) is 69.6 Å². The van der Waals surface area contributed by atoms with Crippen LogP contribution in [0, 0.1) is 5.41 Å². The average Bonchev–Trinajstić information content (AvgIpc) is 2.83. The molecule has 2 N–H and O–H groups in total. The van der Waals surface area contributed by atoms with Crippen LogP contribution in [0.25, 0.3) is 0 Å². The van der Waals surface area contributed by atoms with E-state index in [1.807, 2.05) is 4.90 Å². The predicted molar refractivity (Wildman–Crippen MR) is 76.6 cm³/mol. The maximum absolute atomic E-state index is 12.2. The number of carboxylic acid groups (broad SMARTS) is 1. The molecule has 1 aliphatic heterocycles. The van der Waals surface area contributed by atoms with E-state index in [2.05, 4.69) is 12.2 Å². The second-order valence-corrected chi connectivity index (χ2v) is 6.47. The van der Waals surface area contributed by atoms with Crippen LogP contribution in [0.5, 0.6) is 0 Å². The summed E-state index contributed by atoms with van der Waals surface area (Å²) in [6, 6.07) is 0.280. The lowest BCUT2D eigenvalue weighted by Crippen LogP contribution is -2.47.